The number of nitrogens with one attached hydrogen (secondary N) is 1. The molecule has 0 fully saturated rings. The highest BCUT2D eigenvalue weighted by atomic mass is 32.1. The van der Waals surface area contributed by atoms with Gasteiger partial charge in [-0.25, -0.2) is 9.97 Å². The van der Waals surface area contributed by atoms with Gasteiger partial charge in [-0.2, -0.15) is 0 Å². The number of hydrogen-bond acceptors (Lipinski definition) is 5. The molecule has 2 rings (SSSR count). The van der Waals surface area contributed by atoms with Crippen LogP contribution in [0.2, 0.25) is 0 Å². The smallest absolute Gasteiger partial charge is 0.129 e. The van der Waals surface area contributed by atoms with Crippen LogP contribution in [0.5, 0.6) is 0 Å². The zero-order valence-corrected chi connectivity index (χ0v) is 11.8. The van der Waals surface area contributed by atoms with Gasteiger partial charge in [-0.15, -0.1) is 11.3 Å². The molecule has 0 aliphatic carbocycles. The van der Waals surface area contributed by atoms with Crippen molar-refractivity contribution >= 4 is 17.2 Å². The van der Waals surface area contributed by atoms with Gasteiger partial charge in [0.2, 0.25) is 0 Å². The van der Waals surface area contributed by atoms with Crippen molar-refractivity contribution in [3.63, 3.8) is 0 Å². The summed E-state index contributed by atoms with van der Waals surface area (Å²) in [6.07, 6.45) is 0. The first-order valence-corrected chi connectivity index (χ1v) is 6.83. The van der Waals surface area contributed by atoms with Crippen LogP contribution >= 0.6 is 11.3 Å². The second-order valence-corrected chi connectivity index (χ2v) is 5.06. The van der Waals surface area contributed by atoms with E-state index in [9.17, 15) is 0 Å². The summed E-state index contributed by atoms with van der Waals surface area (Å²) in [4.78, 5) is 11.0. The molecule has 0 unspecified atom stereocenters. The molecule has 2 heterocycles. The summed E-state index contributed by atoms with van der Waals surface area (Å²) < 4.78 is 0. The summed E-state index contributed by atoms with van der Waals surface area (Å²) >= 11 is 1.62. The Hall–Kier alpha value is -1.46. The number of aryl methyl sites for hydroxylation is 1. The predicted octanol–water partition coefficient (Wildman–Crippen LogP) is 2.20. The van der Waals surface area contributed by atoms with Crippen LogP contribution in [0.25, 0.3) is 0 Å². The maximum atomic E-state index is 4.57. The van der Waals surface area contributed by atoms with E-state index in [2.05, 4.69) is 37.7 Å². The predicted molar refractivity (Wildman–Crippen MR) is 76.0 cm³/mol. The first kappa shape index (κ1) is 13.0. The van der Waals surface area contributed by atoms with Gasteiger partial charge in [0.1, 0.15) is 5.82 Å². The van der Waals surface area contributed by atoms with Crippen LogP contribution in [0.3, 0.4) is 0 Å². The second-order valence-electron chi connectivity index (χ2n) is 4.34. The molecule has 4 nitrogen and oxygen atoms in total. The molecule has 0 bridgehead atoms. The first-order chi connectivity index (χ1) is 8.69. The summed E-state index contributed by atoms with van der Waals surface area (Å²) in [6.45, 7) is 3.68. The SMILES string of the molecule is CNCc1cc(C)nc(N(C)Cc2cscn2)c1. The van der Waals surface area contributed by atoms with E-state index >= 15 is 0 Å². The summed E-state index contributed by atoms with van der Waals surface area (Å²) in [7, 11) is 4.00. The fraction of sp³-hybridized carbons (Fsp3) is 0.385. The minimum atomic E-state index is 0.791. The third-order valence-electron chi connectivity index (χ3n) is 2.65. The quantitative estimate of drug-likeness (QED) is 0.897. The number of hydrogen-bond donors (Lipinski definition) is 1. The van der Waals surface area contributed by atoms with Gasteiger partial charge in [0.15, 0.2) is 0 Å². The normalized spacial score (nSPS) is 10.6. The maximum Gasteiger partial charge on any atom is 0.129 e. The molecule has 1 N–H and O–H groups in total. The molecule has 5 heteroatoms. The lowest BCUT2D eigenvalue weighted by Gasteiger charge is -2.18. The third-order valence-corrected chi connectivity index (χ3v) is 3.29. The highest BCUT2D eigenvalue weighted by Crippen LogP contribution is 2.16. The van der Waals surface area contributed by atoms with Gasteiger partial charge >= 0.3 is 0 Å². The van der Waals surface area contributed by atoms with Crippen molar-refractivity contribution in [2.45, 2.75) is 20.0 Å². The molecule has 2 aromatic rings. The zero-order valence-electron chi connectivity index (χ0n) is 11.0. The highest BCUT2D eigenvalue weighted by Gasteiger charge is 2.07. The Balaban J connectivity index is 2.16. The maximum absolute atomic E-state index is 4.57. The van der Waals surface area contributed by atoms with Crippen molar-refractivity contribution in [1.82, 2.24) is 15.3 Å². The van der Waals surface area contributed by atoms with Gasteiger partial charge in [-0.05, 0) is 31.7 Å². The van der Waals surface area contributed by atoms with Gasteiger partial charge < -0.3 is 10.2 Å². The largest absolute Gasteiger partial charge is 0.354 e. The molecule has 96 valence electrons. The first-order valence-electron chi connectivity index (χ1n) is 5.89. The van der Waals surface area contributed by atoms with E-state index in [4.69, 9.17) is 0 Å². The molecule has 0 saturated heterocycles. The third kappa shape index (κ3) is 3.27. The van der Waals surface area contributed by atoms with Gasteiger partial charge in [0.05, 0.1) is 17.7 Å². The number of anilines is 1. The summed E-state index contributed by atoms with van der Waals surface area (Å²) in [5.41, 5.74) is 5.24. The number of aromatic nitrogens is 2. The van der Waals surface area contributed by atoms with E-state index in [-0.39, 0.29) is 0 Å². The number of pyridine rings is 1. The fourth-order valence-corrected chi connectivity index (χ4v) is 2.41. The monoisotopic (exact) mass is 262 g/mol. The van der Waals surface area contributed by atoms with E-state index in [1.807, 2.05) is 26.5 Å². The van der Waals surface area contributed by atoms with E-state index in [0.717, 1.165) is 30.3 Å². The summed E-state index contributed by atoms with van der Waals surface area (Å²) in [5.74, 6) is 0.994. The van der Waals surface area contributed by atoms with Crippen molar-refractivity contribution in [2.75, 3.05) is 19.0 Å². The molecular formula is C13H18N4S. The molecule has 0 amide bonds. The Morgan fingerprint density at radius 1 is 1.39 bits per heavy atom. The topological polar surface area (TPSA) is 41.1 Å². The number of rotatable bonds is 5. The second kappa shape index (κ2) is 5.93. The lowest BCUT2D eigenvalue weighted by atomic mass is 10.2. The molecule has 0 spiro atoms. The van der Waals surface area contributed by atoms with Gasteiger partial charge in [-0.3, -0.25) is 0 Å². The lowest BCUT2D eigenvalue weighted by molar-refractivity contribution is 0.807. The van der Waals surface area contributed by atoms with Crippen LogP contribution in [-0.2, 0) is 13.1 Å². The van der Waals surface area contributed by atoms with E-state index < -0.39 is 0 Å². The molecule has 0 aliphatic heterocycles. The lowest BCUT2D eigenvalue weighted by Crippen LogP contribution is -2.19. The minimum Gasteiger partial charge on any atom is -0.354 e. The summed E-state index contributed by atoms with van der Waals surface area (Å²) in [5, 5.41) is 5.24. The van der Waals surface area contributed by atoms with Crippen molar-refractivity contribution in [1.29, 1.82) is 0 Å². The number of thiazole rings is 1. The molecule has 0 atom stereocenters. The average Bonchev–Trinajstić information content (AvgIpc) is 2.81. The fourth-order valence-electron chi connectivity index (χ4n) is 1.86. The Bertz CT molecular complexity index is 496. The van der Waals surface area contributed by atoms with Gasteiger partial charge in [0, 0.05) is 24.7 Å². The molecule has 0 radical (unpaired) electrons. The average molecular weight is 262 g/mol. The Morgan fingerprint density at radius 2 is 2.22 bits per heavy atom. The molecule has 2 aromatic heterocycles. The van der Waals surface area contributed by atoms with E-state index in [1.54, 1.807) is 11.3 Å². The molecular weight excluding hydrogens is 244 g/mol. The van der Waals surface area contributed by atoms with Crippen LogP contribution in [0.15, 0.2) is 23.0 Å². The van der Waals surface area contributed by atoms with Crippen molar-refractivity contribution in [2.24, 2.45) is 0 Å². The summed E-state index contributed by atoms with van der Waals surface area (Å²) in [6, 6.07) is 4.23. The number of nitrogens with zero attached hydrogens (tertiary/aromatic N) is 3. The standard InChI is InChI=1S/C13H18N4S/c1-10-4-11(6-14-2)5-13(16-10)17(3)7-12-8-18-9-15-12/h4-5,8-9,14H,6-7H2,1-3H3. The van der Waals surface area contributed by atoms with Gasteiger partial charge in [0.25, 0.3) is 0 Å². The van der Waals surface area contributed by atoms with Crippen LogP contribution in [-0.4, -0.2) is 24.1 Å². The Morgan fingerprint density at radius 3 is 2.89 bits per heavy atom. The highest BCUT2D eigenvalue weighted by molar-refractivity contribution is 7.07. The molecule has 0 saturated carbocycles. The Kier molecular flexibility index (Phi) is 4.28. The molecule has 0 aliphatic rings. The zero-order chi connectivity index (χ0) is 13.0. The molecule has 0 aromatic carbocycles. The Labute approximate surface area is 112 Å². The van der Waals surface area contributed by atoms with Crippen LogP contribution in [0.4, 0.5) is 5.82 Å². The van der Waals surface area contributed by atoms with Crippen molar-refractivity contribution in [3.8, 4) is 0 Å². The van der Waals surface area contributed by atoms with Gasteiger partial charge in [-0.1, -0.05) is 0 Å². The van der Waals surface area contributed by atoms with Crippen molar-refractivity contribution in [3.05, 3.63) is 40.0 Å². The van der Waals surface area contributed by atoms with E-state index in [1.165, 1.54) is 5.56 Å². The van der Waals surface area contributed by atoms with Crippen molar-refractivity contribution < 1.29 is 0 Å². The van der Waals surface area contributed by atoms with Crippen LogP contribution in [0.1, 0.15) is 17.0 Å². The minimum absolute atomic E-state index is 0.791. The van der Waals surface area contributed by atoms with Crippen LogP contribution in [0, 0.1) is 6.92 Å². The van der Waals surface area contributed by atoms with E-state index in [0.29, 0.717) is 0 Å². The molecule has 18 heavy (non-hydrogen) atoms. The van der Waals surface area contributed by atoms with Crippen LogP contribution < -0.4 is 10.2 Å².